The third-order valence-electron chi connectivity index (χ3n) is 2.17. The molecule has 0 aromatic carbocycles. The van der Waals surface area contributed by atoms with Crippen LogP contribution in [0.25, 0.3) is 0 Å². The molecule has 0 aliphatic carbocycles. The minimum atomic E-state index is 0.00979. The average molecular weight is 185 g/mol. The summed E-state index contributed by atoms with van der Waals surface area (Å²) in [7, 11) is 0. The summed E-state index contributed by atoms with van der Waals surface area (Å²) >= 11 is 0. The van der Waals surface area contributed by atoms with Gasteiger partial charge in [-0.3, -0.25) is 0 Å². The Hall–Kier alpha value is -0.380. The molecule has 0 radical (unpaired) electrons. The molecule has 1 heterocycles. The first-order valence-corrected chi connectivity index (χ1v) is 4.92. The van der Waals surface area contributed by atoms with Crippen LogP contribution in [0.3, 0.4) is 0 Å². The highest BCUT2D eigenvalue weighted by molar-refractivity contribution is 4.98. The van der Waals surface area contributed by atoms with Gasteiger partial charge in [-0.25, -0.2) is 0 Å². The van der Waals surface area contributed by atoms with Gasteiger partial charge in [0.15, 0.2) is 6.29 Å². The summed E-state index contributed by atoms with van der Waals surface area (Å²) < 4.78 is 10.9. The molecular weight excluding hydrogens is 166 g/mol. The Morgan fingerprint density at radius 3 is 3.08 bits per heavy atom. The van der Waals surface area contributed by atoms with Gasteiger partial charge in [-0.1, -0.05) is 11.6 Å². The maximum atomic E-state index is 5.50. The smallest absolute Gasteiger partial charge is 0.157 e. The molecule has 1 saturated heterocycles. The first-order valence-electron chi connectivity index (χ1n) is 4.92. The normalized spacial score (nSPS) is 24.8. The van der Waals surface area contributed by atoms with Gasteiger partial charge < -0.3 is 15.2 Å². The monoisotopic (exact) mass is 185 g/mol. The van der Waals surface area contributed by atoms with Crippen LogP contribution in [0.15, 0.2) is 11.6 Å². The van der Waals surface area contributed by atoms with Crippen molar-refractivity contribution in [3.8, 4) is 0 Å². The van der Waals surface area contributed by atoms with Crippen LogP contribution in [0.4, 0.5) is 0 Å². The molecular formula is C10H19NO2. The van der Waals surface area contributed by atoms with Gasteiger partial charge in [-0.05, 0) is 26.2 Å². The van der Waals surface area contributed by atoms with Gasteiger partial charge in [0.25, 0.3) is 0 Å². The first kappa shape index (κ1) is 10.7. The molecule has 0 aromatic rings. The van der Waals surface area contributed by atoms with Crippen molar-refractivity contribution >= 4 is 0 Å². The lowest BCUT2D eigenvalue weighted by Gasteiger charge is -2.22. The Labute approximate surface area is 79.9 Å². The summed E-state index contributed by atoms with van der Waals surface area (Å²) in [5.74, 6) is 0. The van der Waals surface area contributed by atoms with Gasteiger partial charge in [0, 0.05) is 13.2 Å². The van der Waals surface area contributed by atoms with E-state index < -0.39 is 0 Å². The van der Waals surface area contributed by atoms with Crippen LogP contribution in [-0.4, -0.2) is 26.0 Å². The zero-order valence-electron chi connectivity index (χ0n) is 8.29. The molecule has 2 N–H and O–H groups in total. The van der Waals surface area contributed by atoms with Crippen molar-refractivity contribution in [2.24, 2.45) is 5.73 Å². The van der Waals surface area contributed by atoms with Gasteiger partial charge in [0.1, 0.15) is 0 Å². The lowest BCUT2D eigenvalue weighted by Crippen LogP contribution is -2.22. The lowest BCUT2D eigenvalue weighted by atomic mass is 10.2. The van der Waals surface area contributed by atoms with Crippen LogP contribution in [0.2, 0.25) is 0 Å². The van der Waals surface area contributed by atoms with Crippen molar-refractivity contribution in [3.05, 3.63) is 11.6 Å². The molecule has 3 nitrogen and oxygen atoms in total. The van der Waals surface area contributed by atoms with Gasteiger partial charge in [-0.15, -0.1) is 0 Å². The number of rotatable bonds is 4. The summed E-state index contributed by atoms with van der Waals surface area (Å²) in [6, 6.07) is 0. The van der Waals surface area contributed by atoms with Crippen LogP contribution < -0.4 is 5.73 Å². The lowest BCUT2D eigenvalue weighted by molar-refractivity contribution is -0.155. The molecule has 0 bridgehead atoms. The third kappa shape index (κ3) is 4.41. The largest absolute Gasteiger partial charge is 0.353 e. The van der Waals surface area contributed by atoms with Gasteiger partial charge in [0.05, 0.1) is 6.61 Å². The van der Waals surface area contributed by atoms with Crippen LogP contribution in [-0.2, 0) is 9.47 Å². The SMILES string of the molecule is C/C(=C\CO[C@@H]1CCCCO1)CN. The van der Waals surface area contributed by atoms with E-state index in [9.17, 15) is 0 Å². The van der Waals surface area contributed by atoms with Crippen molar-refractivity contribution in [1.29, 1.82) is 0 Å². The minimum Gasteiger partial charge on any atom is -0.353 e. The average Bonchev–Trinajstić information content (AvgIpc) is 2.19. The van der Waals surface area contributed by atoms with Crippen molar-refractivity contribution < 1.29 is 9.47 Å². The van der Waals surface area contributed by atoms with Crippen molar-refractivity contribution in [1.82, 2.24) is 0 Å². The van der Waals surface area contributed by atoms with Crippen LogP contribution >= 0.6 is 0 Å². The summed E-state index contributed by atoms with van der Waals surface area (Å²) in [5, 5.41) is 0. The van der Waals surface area contributed by atoms with Crippen molar-refractivity contribution in [2.45, 2.75) is 32.5 Å². The summed E-state index contributed by atoms with van der Waals surface area (Å²) in [4.78, 5) is 0. The van der Waals surface area contributed by atoms with E-state index in [-0.39, 0.29) is 6.29 Å². The van der Waals surface area contributed by atoms with Crippen molar-refractivity contribution in [2.75, 3.05) is 19.8 Å². The van der Waals surface area contributed by atoms with E-state index >= 15 is 0 Å². The summed E-state index contributed by atoms with van der Waals surface area (Å²) in [6.45, 7) is 4.07. The Balaban J connectivity index is 2.10. The van der Waals surface area contributed by atoms with E-state index in [4.69, 9.17) is 15.2 Å². The Bertz CT molecular complexity index is 162. The fraction of sp³-hybridized carbons (Fsp3) is 0.800. The van der Waals surface area contributed by atoms with E-state index in [0.717, 1.165) is 25.0 Å². The van der Waals surface area contributed by atoms with E-state index in [2.05, 4.69) is 0 Å². The second-order valence-corrected chi connectivity index (χ2v) is 3.38. The Morgan fingerprint density at radius 2 is 2.46 bits per heavy atom. The Morgan fingerprint density at radius 1 is 1.62 bits per heavy atom. The number of hydrogen-bond acceptors (Lipinski definition) is 3. The maximum Gasteiger partial charge on any atom is 0.157 e. The standard InChI is InChI=1S/C10H19NO2/c1-9(8-11)5-7-13-10-4-2-3-6-12-10/h5,10H,2-4,6-8,11H2,1H3/b9-5+/t10-/m1/s1. The summed E-state index contributed by atoms with van der Waals surface area (Å²) in [6.07, 6.45) is 5.42. The molecule has 1 fully saturated rings. The number of hydrogen-bond donors (Lipinski definition) is 1. The first-order chi connectivity index (χ1) is 6.33. The maximum absolute atomic E-state index is 5.50. The molecule has 0 spiro atoms. The molecule has 0 unspecified atom stereocenters. The van der Waals surface area contributed by atoms with Crippen LogP contribution in [0.5, 0.6) is 0 Å². The summed E-state index contributed by atoms with van der Waals surface area (Å²) in [5.41, 5.74) is 6.60. The van der Waals surface area contributed by atoms with Crippen LogP contribution in [0, 0.1) is 0 Å². The van der Waals surface area contributed by atoms with Crippen LogP contribution in [0.1, 0.15) is 26.2 Å². The van der Waals surface area contributed by atoms with Gasteiger partial charge in [-0.2, -0.15) is 0 Å². The zero-order valence-corrected chi connectivity index (χ0v) is 8.29. The molecule has 0 saturated carbocycles. The van der Waals surface area contributed by atoms with Crippen molar-refractivity contribution in [3.63, 3.8) is 0 Å². The fourth-order valence-electron chi connectivity index (χ4n) is 1.22. The fourth-order valence-corrected chi connectivity index (χ4v) is 1.22. The third-order valence-corrected chi connectivity index (χ3v) is 2.17. The highest BCUT2D eigenvalue weighted by Crippen LogP contribution is 2.13. The quantitative estimate of drug-likeness (QED) is 0.674. The number of nitrogens with two attached hydrogens (primary N) is 1. The zero-order chi connectivity index (χ0) is 9.52. The molecule has 1 aliphatic heterocycles. The van der Waals surface area contributed by atoms with E-state index in [1.165, 1.54) is 6.42 Å². The molecule has 1 aliphatic rings. The predicted molar refractivity (Wildman–Crippen MR) is 52.4 cm³/mol. The van der Waals surface area contributed by atoms with E-state index in [1.54, 1.807) is 0 Å². The highest BCUT2D eigenvalue weighted by Gasteiger charge is 2.12. The van der Waals surface area contributed by atoms with Gasteiger partial charge in [0.2, 0.25) is 0 Å². The molecule has 3 heteroatoms. The molecule has 0 amide bonds. The predicted octanol–water partition coefficient (Wildman–Crippen LogP) is 1.43. The second kappa shape index (κ2) is 6.13. The molecule has 1 atom stereocenters. The van der Waals surface area contributed by atoms with E-state index in [0.29, 0.717) is 13.2 Å². The number of ether oxygens (including phenoxy) is 2. The minimum absolute atomic E-state index is 0.00979. The highest BCUT2D eigenvalue weighted by atomic mass is 16.7. The van der Waals surface area contributed by atoms with Gasteiger partial charge >= 0.3 is 0 Å². The molecule has 76 valence electrons. The molecule has 0 aromatic heterocycles. The Kier molecular flexibility index (Phi) is 5.05. The van der Waals surface area contributed by atoms with E-state index in [1.807, 2.05) is 13.0 Å². The topological polar surface area (TPSA) is 44.5 Å². The molecule has 13 heavy (non-hydrogen) atoms. The molecule has 1 rings (SSSR count). The second-order valence-electron chi connectivity index (χ2n) is 3.38.